The first-order valence-corrected chi connectivity index (χ1v) is 5.23. The lowest BCUT2D eigenvalue weighted by Crippen LogP contribution is -2.17. The Morgan fingerprint density at radius 1 is 1.41 bits per heavy atom. The molecule has 1 aromatic heterocycles. The largest absolute Gasteiger partial charge is 0.465 e. The van der Waals surface area contributed by atoms with E-state index >= 15 is 0 Å². The number of carbonyl (C=O) groups is 1. The van der Waals surface area contributed by atoms with Gasteiger partial charge in [0.25, 0.3) is 0 Å². The van der Waals surface area contributed by atoms with Crippen molar-refractivity contribution in [1.82, 2.24) is 9.97 Å². The first-order chi connectivity index (χ1) is 7.99. The number of hydrogen-bond acceptors (Lipinski definition) is 6. The highest BCUT2D eigenvalue weighted by Gasteiger charge is 2.17. The molecule has 0 aliphatic carbocycles. The molecule has 1 aromatic rings. The van der Waals surface area contributed by atoms with Gasteiger partial charge in [0.05, 0.1) is 18.9 Å². The van der Waals surface area contributed by atoms with Gasteiger partial charge in [-0.1, -0.05) is 0 Å². The smallest absolute Gasteiger partial charge is 0.343 e. The van der Waals surface area contributed by atoms with Gasteiger partial charge in [0, 0.05) is 13.5 Å². The van der Waals surface area contributed by atoms with E-state index < -0.39 is 5.97 Å². The Balaban J connectivity index is 3.05. The van der Waals surface area contributed by atoms with Crippen molar-refractivity contribution in [3.63, 3.8) is 0 Å². The highest BCUT2D eigenvalue weighted by Crippen LogP contribution is 2.15. The van der Waals surface area contributed by atoms with E-state index in [0.29, 0.717) is 17.9 Å². The monoisotopic (exact) mass is 239 g/mol. The molecule has 17 heavy (non-hydrogen) atoms. The molecule has 0 aliphatic rings. The predicted octanol–water partition coefficient (Wildman–Crippen LogP) is 0.731. The Hall–Kier alpha value is -1.69. The number of rotatable bonds is 4. The van der Waals surface area contributed by atoms with Gasteiger partial charge in [-0.05, 0) is 13.8 Å². The summed E-state index contributed by atoms with van der Waals surface area (Å²) >= 11 is 0. The average Bonchev–Trinajstić information content (AvgIpc) is 2.27. The number of carbonyl (C=O) groups excluding carboxylic acids is 1. The minimum absolute atomic E-state index is 0.00206. The van der Waals surface area contributed by atoms with Crippen molar-refractivity contribution >= 4 is 11.8 Å². The third-order valence-corrected chi connectivity index (χ3v) is 2.43. The number of anilines is 1. The third kappa shape index (κ3) is 3.13. The van der Waals surface area contributed by atoms with Gasteiger partial charge in [0.15, 0.2) is 0 Å². The minimum atomic E-state index is -0.522. The molecule has 94 valence electrons. The zero-order valence-electron chi connectivity index (χ0n) is 10.5. The zero-order chi connectivity index (χ0) is 13.0. The summed E-state index contributed by atoms with van der Waals surface area (Å²) in [5, 5.41) is 0. The van der Waals surface area contributed by atoms with Gasteiger partial charge in [-0.2, -0.15) is 0 Å². The van der Waals surface area contributed by atoms with Gasteiger partial charge < -0.3 is 15.2 Å². The first-order valence-electron chi connectivity index (χ1n) is 5.23. The van der Waals surface area contributed by atoms with Crippen molar-refractivity contribution in [2.24, 2.45) is 0 Å². The van der Waals surface area contributed by atoms with Crippen molar-refractivity contribution in [2.45, 2.75) is 26.4 Å². The van der Waals surface area contributed by atoms with Crippen LogP contribution >= 0.6 is 0 Å². The van der Waals surface area contributed by atoms with Crippen LogP contribution in [0, 0.1) is 6.92 Å². The molecule has 0 spiro atoms. The third-order valence-electron chi connectivity index (χ3n) is 2.43. The summed E-state index contributed by atoms with van der Waals surface area (Å²) in [5.41, 5.74) is 6.46. The van der Waals surface area contributed by atoms with Crippen LogP contribution in [0.1, 0.15) is 28.8 Å². The Labute approximate surface area is 100 Å². The molecular formula is C11H17N3O3. The van der Waals surface area contributed by atoms with Crippen LogP contribution in [0.5, 0.6) is 0 Å². The number of nitrogens with two attached hydrogens (primary N) is 1. The van der Waals surface area contributed by atoms with E-state index in [2.05, 4.69) is 14.7 Å². The topological polar surface area (TPSA) is 87.3 Å². The van der Waals surface area contributed by atoms with Gasteiger partial charge in [0.2, 0.25) is 0 Å². The van der Waals surface area contributed by atoms with Crippen LogP contribution in [-0.2, 0) is 15.9 Å². The molecule has 1 atom stereocenters. The lowest BCUT2D eigenvalue weighted by molar-refractivity contribution is 0.0600. The summed E-state index contributed by atoms with van der Waals surface area (Å²) in [4.78, 5) is 19.7. The van der Waals surface area contributed by atoms with Crippen molar-refractivity contribution in [3.05, 3.63) is 17.1 Å². The fourth-order valence-electron chi connectivity index (χ4n) is 1.44. The molecule has 1 rings (SSSR count). The summed E-state index contributed by atoms with van der Waals surface area (Å²) in [7, 11) is 2.91. The van der Waals surface area contributed by atoms with E-state index in [1.54, 1.807) is 14.0 Å². The van der Waals surface area contributed by atoms with Crippen molar-refractivity contribution in [1.29, 1.82) is 0 Å². The fraction of sp³-hybridized carbons (Fsp3) is 0.545. The molecule has 0 fully saturated rings. The molecule has 0 amide bonds. The Morgan fingerprint density at radius 2 is 2.06 bits per heavy atom. The molecule has 1 unspecified atom stereocenters. The molecule has 0 saturated carbocycles. The summed E-state index contributed by atoms with van der Waals surface area (Å²) in [6.45, 7) is 3.61. The van der Waals surface area contributed by atoms with Crippen molar-refractivity contribution in [2.75, 3.05) is 20.0 Å². The number of aryl methyl sites for hydroxylation is 1. The van der Waals surface area contributed by atoms with Gasteiger partial charge in [-0.15, -0.1) is 0 Å². The van der Waals surface area contributed by atoms with E-state index in [0.717, 1.165) is 0 Å². The van der Waals surface area contributed by atoms with Crippen LogP contribution in [0.3, 0.4) is 0 Å². The highest BCUT2D eigenvalue weighted by molar-refractivity contribution is 5.95. The van der Waals surface area contributed by atoms with E-state index in [9.17, 15) is 4.79 Å². The maximum atomic E-state index is 11.4. The SMILES string of the molecule is COC(=O)c1c(C)nc(CC(C)OC)nc1N. The summed E-state index contributed by atoms with van der Waals surface area (Å²) in [6.07, 6.45) is 0.543. The fourth-order valence-corrected chi connectivity index (χ4v) is 1.44. The maximum Gasteiger partial charge on any atom is 0.343 e. The lowest BCUT2D eigenvalue weighted by Gasteiger charge is -2.11. The molecule has 1 heterocycles. The van der Waals surface area contributed by atoms with Gasteiger partial charge in [-0.3, -0.25) is 0 Å². The molecule has 0 aromatic carbocycles. The zero-order valence-corrected chi connectivity index (χ0v) is 10.5. The predicted molar refractivity (Wildman–Crippen MR) is 62.7 cm³/mol. The Kier molecular flexibility index (Phi) is 4.39. The van der Waals surface area contributed by atoms with E-state index in [-0.39, 0.29) is 17.5 Å². The Bertz CT molecular complexity index is 397. The normalized spacial score (nSPS) is 12.2. The summed E-state index contributed by atoms with van der Waals surface area (Å²) < 4.78 is 9.74. The number of nitrogens with zero attached hydrogens (tertiary/aromatic N) is 2. The lowest BCUT2D eigenvalue weighted by atomic mass is 10.2. The number of esters is 1. The van der Waals surface area contributed by atoms with E-state index in [1.807, 2.05) is 6.92 Å². The summed E-state index contributed by atoms with van der Waals surface area (Å²) in [5.74, 6) is 0.177. The number of aromatic nitrogens is 2. The van der Waals surface area contributed by atoms with Crippen LogP contribution in [0.25, 0.3) is 0 Å². The first kappa shape index (κ1) is 13.4. The molecule has 0 aliphatic heterocycles. The maximum absolute atomic E-state index is 11.4. The molecule has 0 radical (unpaired) electrons. The number of nitrogen functional groups attached to an aromatic ring is 1. The van der Waals surface area contributed by atoms with Crippen LogP contribution in [-0.4, -0.2) is 36.3 Å². The summed E-state index contributed by atoms with van der Waals surface area (Å²) in [6, 6.07) is 0. The van der Waals surface area contributed by atoms with Crippen LogP contribution < -0.4 is 5.73 Å². The number of methoxy groups -OCH3 is 2. The highest BCUT2D eigenvalue weighted by atomic mass is 16.5. The second kappa shape index (κ2) is 5.58. The van der Waals surface area contributed by atoms with Crippen molar-refractivity contribution in [3.8, 4) is 0 Å². The van der Waals surface area contributed by atoms with Gasteiger partial charge >= 0.3 is 5.97 Å². The number of ether oxygens (including phenoxy) is 2. The van der Waals surface area contributed by atoms with Crippen molar-refractivity contribution < 1.29 is 14.3 Å². The minimum Gasteiger partial charge on any atom is -0.465 e. The molecule has 6 nitrogen and oxygen atoms in total. The average molecular weight is 239 g/mol. The molecular weight excluding hydrogens is 222 g/mol. The van der Waals surface area contributed by atoms with E-state index in [4.69, 9.17) is 10.5 Å². The van der Waals surface area contributed by atoms with Gasteiger partial charge in [-0.25, -0.2) is 14.8 Å². The molecule has 2 N–H and O–H groups in total. The van der Waals surface area contributed by atoms with Gasteiger partial charge in [0.1, 0.15) is 17.2 Å². The second-order valence-electron chi connectivity index (χ2n) is 3.73. The number of hydrogen-bond donors (Lipinski definition) is 1. The van der Waals surface area contributed by atoms with E-state index in [1.165, 1.54) is 7.11 Å². The van der Waals surface area contributed by atoms with Crippen LogP contribution in [0.4, 0.5) is 5.82 Å². The van der Waals surface area contributed by atoms with Crippen LogP contribution in [0.15, 0.2) is 0 Å². The molecule has 0 bridgehead atoms. The second-order valence-corrected chi connectivity index (χ2v) is 3.73. The Morgan fingerprint density at radius 3 is 2.53 bits per heavy atom. The quantitative estimate of drug-likeness (QED) is 0.779. The standard InChI is InChI=1S/C11H17N3O3/c1-6(16-3)5-8-13-7(2)9(10(12)14-8)11(15)17-4/h6H,5H2,1-4H3,(H2,12,13,14). The molecule has 6 heteroatoms. The van der Waals surface area contributed by atoms with Crippen LogP contribution in [0.2, 0.25) is 0 Å². The molecule has 0 saturated heterocycles.